The molecule has 11 nitrogen and oxygen atoms in total. The van der Waals surface area contributed by atoms with Crippen LogP contribution in [0.5, 0.6) is 11.5 Å². The molecule has 4 aliphatic rings. The molecule has 2 aromatic heterocycles. The molecule has 15 heteroatoms. The third-order valence-electron chi connectivity index (χ3n) is 13.4. The number of anilines is 4. The molecule has 4 amide bonds. The van der Waals surface area contributed by atoms with Crippen LogP contribution in [0, 0.1) is 36.0 Å². The van der Waals surface area contributed by atoms with Crippen molar-refractivity contribution >= 4 is 111 Å². The molecule has 62 heavy (non-hydrogen) atoms. The monoisotopic (exact) mass is 993 g/mol. The summed E-state index contributed by atoms with van der Waals surface area (Å²) in [4.78, 5) is 63.1. The zero-order valence-corrected chi connectivity index (χ0v) is 38.5. The zero-order valence-electron chi connectivity index (χ0n) is 33.8. The maximum absolute atomic E-state index is 15.4. The Balaban J connectivity index is 1.06. The normalized spacial score (nSPS) is 24.4. The second-order valence-electron chi connectivity index (χ2n) is 16.6. The first-order valence-electron chi connectivity index (χ1n) is 20.1. The number of thiophene rings is 1. The van der Waals surface area contributed by atoms with E-state index in [2.05, 4.69) is 37.2 Å². The Morgan fingerprint density at radius 2 is 1.63 bits per heavy atom. The number of rotatable bonds is 7. The predicted octanol–water partition coefficient (Wildman–Crippen LogP) is 10.7. The molecule has 6 atom stereocenters. The number of carbonyl (C=O) groups excluding carboxylic acids is 4. The van der Waals surface area contributed by atoms with Crippen molar-refractivity contribution in [2.45, 2.75) is 32.6 Å². The summed E-state index contributed by atoms with van der Waals surface area (Å²) in [7, 11) is 3.16. The molecule has 4 heterocycles. The van der Waals surface area contributed by atoms with Gasteiger partial charge < -0.3 is 15.2 Å². The smallest absolute Gasteiger partial charge is 0.242 e. The van der Waals surface area contributed by atoms with E-state index in [-0.39, 0.29) is 36.2 Å². The lowest BCUT2D eigenvalue weighted by molar-refractivity contribution is -0.131. The van der Waals surface area contributed by atoms with Crippen LogP contribution in [-0.2, 0) is 26.2 Å². The van der Waals surface area contributed by atoms with Crippen LogP contribution >= 0.6 is 54.8 Å². The Labute approximate surface area is 382 Å². The molecule has 10 rings (SSSR count). The first kappa shape index (κ1) is 40.8. The highest BCUT2D eigenvalue weighted by Gasteiger charge is 2.68. The number of halogens is 3. The maximum Gasteiger partial charge on any atom is 0.242 e. The molecule has 2 aliphatic carbocycles. The van der Waals surface area contributed by atoms with Crippen LogP contribution in [0.3, 0.4) is 0 Å². The van der Waals surface area contributed by atoms with Crippen molar-refractivity contribution < 1.29 is 29.0 Å². The molecular weight excluding hydrogens is 958 g/mol. The van der Waals surface area contributed by atoms with E-state index >= 15 is 9.59 Å². The van der Waals surface area contributed by atoms with E-state index < -0.39 is 46.8 Å². The molecule has 2 saturated heterocycles. The van der Waals surface area contributed by atoms with Crippen molar-refractivity contribution in [3.05, 3.63) is 122 Å². The van der Waals surface area contributed by atoms with Crippen molar-refractivity contribution in [1.82, 2.24) is 9.78 Å². The van der Waals surface area contributed by atoms with E-state index in [9.17, 15) is 14.7 Å². The number of aromatic hydroxyl groups is 1. The number of amides is 4. The van der Waals surface area contributed by atoms with Crippen molar-refractivity contribution in [2.75, 3.05) is 22.2 Å². The van der Waals surface area contributed by atoms with Gasteiger partial charge in [0, 0.05) is 44.6 Å². The number of fused-ring (bicyclic) bond motifs is 5. The van der Waals surface area contributed by atoms with Gasteiger partial charge in [-0.2, -0.15) is 5.10 Å². The molecule has 2 aliphatic heterocycles. The second kappa shape index (κ2) is 14.9. The number of hydrogen-bond acceptors (Lipinski definition) is 9. The fourth-order valence-electron chi connectivity index (χ4n) is 10.4. The van der Waals surface area contributed by atoms with Crippen LogP contribution in [0.1, 0.15) is 36.8 Å². The number of nitrogens with one attached hydrogen (secondary N) is 1. The minimum Gasteiger partial charge on any atom is -0.503 e. The summed E-state index contributed by atoms with van der Waals surface area (Å²) in [5.74, 6) is -4.75. The van der Waals surface area contributed by atoms with Gasteiger partial charge in [0.2, 0.25) is 23.6 Å². The van der Waals surface area contributed by atoms with E-state index in [1.807, 2.05) is 80.6 Å². The number of aromatic nitrogens is 2. The molecule has 0 unspecified atom stereocenters. The number of phenols is 1. The van der Waals surface area contributed by atoms with Crippen molar-refractivity contribution in [3.63, 3.8) is 0 Å². The number of allylic oxidation sites excluding steroid dienone is 2. The van der Waals surface area contributed by atoms with Gasteiger partial charge in [-0.25, -0.2) is 4.90 Å². The summed E-state index contributed by atoms with van der Waals surface area (Å²) in [6, 6.07) is 26.1. The topological polar surface area (TPSA) is 134 Å². The number of aryl methyl sites for hydroxylation is 2. The molecule has 4 aromatic carbocycles. The number of ether oxygens (including phenoxy) is 1. The summed E-state index contributed by atoms with van der Waals surface area (Å²) in [5, 5.41) is 20.8. The van der Waals surface area contributed by atoms with E-state index in [0.29, 0.717) is 36.7 Å². The fraction of sp³-hybridized carbons (Fsp3) is 0.255. The van der Waals surface area contributed by atoms with Crippen LogP contribution < -0.4 is 19.9 Å². The SMILES string of the molecule is COc1cc([C@H]2C3=CC[C@@H]4C(=O)N(c5ccc(Nc6ccccc6)cc5)C(=O)[C@@H]4[C@@H]3C[C@H]3C(=O)N(c4cc(-c5sc6ccc(Cl)cc6c5C)nn4C)C(=O)[C@@]23C)c(Br)c(Br)c1O. The highest BCUT2D eigenvalue weighted by atomic mass is 79.9. The summed E-state index contributed by atoms with van der Waals surface area (Å²) < 4.78 is 9.02. The third kappa shape index (κ3) is 5.96. The minimum atomic E-state index is -1.36. The molecule has 0 spiro atoms. The molecule has 0 radical (unpaired) electrons. The van der Waals surface area contributed by atoms with E-state index in [1.54, 1.807) is 47.3 Å². The highest BCUT2D eigenvalue weighted by molar-refractivity contribution is 9.13. The molecule has 1 saturated carbocycles. The Morgan fingerprint density at radius 1 is 0.903 bits per heavy atom. The van der Waals surface area contributed by atoms with Gasteiger partial charge in [0.05, 0.1) is 45.3 Å². The Hall–Kier alpha value is -5.28. The van der Waals surface area contributed by atoms with Crippen LogP contribution in [-0.4, -0.2) is 45.6 Å². The van der Waals surface area contributed by atoms with Gasteiger partial charge in [-0.15, -0.1) is 11.3 Å². The van der Waals surface area contributed by atoms with Gasteiger partial charge in [-0.1, -0.05) is 41.4 Å². The van der Waals surface area contributed by atoms with Gasteiger partial charge in [0.25, 0.3) is 0 Å². The van der Waals surface area contributed by atoms with Gasteiger partial charge in [0.1, 0.15) is 11.5 Å². The number of para-hydroxylation sites is 1. The zero-order chi connectivity index (χ0) is 43.5. The summed E-state index contributed by atoms with van der Waals surface area (Å²) >= 11 is 15.2. The van der Waals surface area contributed by atoms with Gasteiger partial charge >= 0.3 is 0 Å². The molecule has 314 valence electrons. The first-order chi connectivity index (χ1) is 29.7. The van der Waals surface area contributed by atoms with Gasteiger partial charge in [0.15, 0.2) is 11.5 Å². The predicted molar refractivity (Wildman–Crippen MR) is 247 cm³/mol. The lowest BCUT2D eigenvalue weighted by Gasteiger charge is -2.49. The molecular formula is C47H38Br2ClN5O6S. The lowest BCUT2D eigenvalue weighted by atomic mass is 9.51. The Bertz CT molecular complexity index is 2950. The summed E-state index contributed by atoms with van der Waals surface area (Å²) in [6.45, 7) is 3.83. The lowest BCUT2D eigenvalue weighted by Crippen LogP contribution is -2.49. The van der Waals surface area contributed by atoms with Crippen molar-refractivity contribution in [2.24, 2.45) is 36.1 Å². The second-order valence-corrected chi connectivity index (χ2v) is 19.6. The summed E-state index contributed by atoms with van der Waals surface area (Å²) in [6.07, 6.45) is 2.44. The molecule has 0 bridgehead atoms. The third-order valence-corrected chi connectivity index (χ3v) is 17.1. The van der Waals surface area contributed by atoms with Crippen molar-refractivity contribution in [1.29, 1.82) is 0 Å². The average Bonchev–Trinajstić information content (AvgIpc) is 3.94. The number of nitrogens with zero attached hydrogens (tertiary/aromatic N) is 4. The quantitative estimate of drug-likeness (QED) is 0.119. The average molecular weight is 996 g/mol. The number of phenolic OH excluding ortho intramolecular Hbond substituents is 1. The fourth-order valence-corrected chi connectivity index (χ4v) is 12.7. The Kier molecular flexibility index (Phi) is 9.82. The van der Waals surface area contributed by atoms with Crippen molar-refractivity contribution in [3.8, 4) is 22.1 Å². The number of imide groups is 2. The molecule has 2 N–H and O–H groups in total. The molecule has 6 aromatic rings. The standard InChI is InChI=1S/C47H38Br2ClN5O6S/c1-22-29-18-23(50)10-17-35(29)62-42(22)33-21-36(53(3)52-33)55-44(58)32-19-30-27(38(47(32,2)46(55)60)31-20-34(61-4)41(56)40(49)39(31)48)15-16-28-37(30)45(59)54(43(28)57)26-13-11-25(12-14-26)51-24-8-6-5-7-9-24/h5-15,17-18,20-21,28,30,32,37-38,51,56H,16,19H2,1-4H3/t28-,30+,32-,37-,38+,47+/m0/s1. The Morgan fingerprint density at radius 3 is 2.35 bits per heavy atom. The minimum absolute atomic E-state index is 0.135. The van der Waals surface area contributed by atoms with E-state index in [1.165, 1.54) is 16.9 Å². The van der Waals surface area contributed by atoms with Crippen LogP contribution in [0.15, 0.2) is 106 Å². The number of methoxy groups -OCH3 is 1. The highest BCUT2D eigenvalue weighted by Crippen LogP contribution is 2.65. The van der Waals surface area contributed by atoms with Crippen LogP contribution in [0.25, 0.3) is 20.7 Å². The first-order valence-corrected chi connectivity index (χ1v) is 22.9. The van der Waals surface area contributed by atoms with E-state index in [4.69, 9.17) is 21.4 Å². The molecule has 3 fully saturated rings. The number of benzene rings is 4. The van der Waals surface area contributed by atoms with Gasteiger partial charge in [-0.05, 0) is 142 Å². The van der Waals surface area contributed by atoms with Crippen LogP contribution in [0.4, 0.5) is 22.9 Å². The maximum atomic E-state index is 15.4. The number of carbonyl (C=O) groups is 4. The number of hydrogen-bond donors (Lipinski definition) is 2. The van der Waals surface area contributed by atoms with Gasteiger partial charge in [-0.3, -0.25) is 28.8 Å². The van der Waals surface area contributed by atoms with Crippen LogP contribution in [0.2, 0.25) is 5.02 Å². The summed E-state index contributed by atoms with van der Waals surface area (Å²) in [5.41, 5.74) is 3.80. The largest absolute Gasteiger partial charge is 0.503 e. The van der Waals surface area contributed by atoms with E-state index in [0.717, 1.165) is 37.5 Å².